The minimum Gasteiger partial charge on any atom is -0.326 e. The summed E-state index contributed by atoms with van der Waals surface area (Å²) in [6, 6.07) is 15.2. The van der Waals surface area contributed by atoms with Crippen molar-refractivity contribution in [3.8, 4) is 0 Å². The van der Waals surface area contributed by atoms with Crippen molar-refractivity contribution >= 4 is 61.6 Å². The number of rotatable bonds is 6. The van der Waals surface area contributed by atoms with E-state index in [2.05, 4.69) is 20.6 Å². The van der Waals surface area contributed by atoms with E-state index >= 15 is 0 Å². The Kier molecular flexibility index (Phi) is 5.97. The molecule has 0 saturated carbocycles. The number of hydrogen-bond acceptors (Lipinski definition) is 6. The molecule has 4 rings (SSSR count). The lowest BCUT2D eigenvalue weighted by Crippen LogP contribution is -2.14. The number of anilines is 2. The number of hydrogen-bond donors (Lipinski definition) is 2. The standard InChI is InChI=1S/C22H18N4O2S2/c1-14-23-18-11-16(8-9-19(18)30-14)24-21(28)12-17-13-29-22(25-17)26-20(27)10-7-15-5-3-2-4-6-15/h2-11,13H,12H2,1H3,(H,24,28)(H,25,26,27). The maximum absolute atomic E-state index is 12.4. The second-order valence-electron chi connectivity index (χ2n) is 6.52. The van der Waals surface area contributed by atoms with E-state index < -0.39 is 0 Å². The normalized spacial score (nSPS) is 11.1. The van der Waals surface area contributed by atoms with Gasteiger partial charge in [0.15, 0.2) is 5.13 Å². The molecule has 0 aliphatic heterocycles. The molecular weight excluding hydrogens is 416 g/mol. The fraction of sp³-hybridized carbons (Fsp3) is 0.0909. The molecule has 0 fully saturated rings. The van der Waals surface area contributed by atoms with Gasteiger partial charge < -0.3 is 5.32 Å². The van der Waals surface area contributed by atoms with E-state index in [-0.39, 0.29) is 18.2 Å². The molecule has 0 radical (unpaired) electrons. The van der Waals surface area contributed by atoms with Gasteiger partial charge in [0.2, 0.25) is 11.8 Å². The van der Waals surface area contributed by atoms with Gasteiger partial charge in [-0.15, -0.1) is 22.7 Å². The summed E-state index contributed by atoms with van der Waals surface area (Å²) in [5.74, 6) is -0.440. The van der Waals surface area contributed by atoms with Gasteiger partial charge in [-0.2, -0.15) is 0 Å². The third kappa shape index (κ3) is 5.16. The maximum Gasteiger partial charge on any atom is 0.250 e. The van der Waals surface area contributed by atoms with Crippen molar-refractivity contribution in [3.05, 3.63) is 76.3 Å². The van der Waals surface area contributed by atoms with Gasteiger partial charge in [-0.1, -0.05) is 30.3 Å². The molecule has 0 aliphatic carbocycles. The third-order valence-electron chi connectivity index (χ3n) is 4.13. The van der Waals surface area contributed by atoms with Crippen LogP contribution in [0.3, 0.4) is 0 Å². The second-order valence-corrected chi connectivity index (χ2v) is 8.61. The Labute approximate surface area is 181 Å². The number of thiazole rings is 2. The molecule has 0 unspecified atom stereocenters. The summed E-state index contributed by atoms with van der Waals surface area (Å²) < 4.78 is 1.09. The van der Waals surface area contributed by atoms with Crippen LogP contribution in [0.25, 0.3) is 16.3 Å². The molecule has 0 saturated heterocycles. The number of benzene rings is 2. The van der Waals surface area contributed by atoms with Crippen molar-refractivity contribution < 1.29 is 9.59 Å². The Morgan fingerprint density at radius 3 is 2.73 bits per heavy atom. The molecular formula is C22H18N4O2S2. The summed E-state index contributed by atoms with van der Waals surface area (Å²) in [7, 11) is 0. The van der Waals surface area contributed by atoms with Crippen LogP contribution in [0.4, 0.5) is 10.8 Å². The van der Waals surface area contributed by atoms with Gasteiger partial charge in [-0.05, 0) is 36.8 Å². The fourth-order valence-corrected chi connectivity index (χ4v) is 4.34. The van der Waals surface area contributed by atoms with Crippen molar-refractivity contribution in [1.82, 2.24) is 9.97 Å². The number of amides is 2. The first-order valence-electron chi connectivity index (χ1n) is 9.21. The van der Waals surface area contributed by atoms with Crippen molar-refractivity contribution in [2.45, 2.75) is 13.3 Å². The third-order valence-corrected chi connectivity index (χ3v) is 5.89. The van der Waals surface area contributed by atoms with E-state index in [1.807, 2.05) is 55.5 Å². The smallest absolute Gasteiger partial charge is 0.250 e. The number of carbonyl (C=O) groups excluding carboxylic acids is 2. The molecule has 8 heteroatoms. The van der Waals surface area contributed by atoms with E-state index in [0.717, 1.165) is 20.8 Å². The first-order chi connectivity index (χ1) is 14.5. The molecule has 2 amide bonds. The minimum atomic E-state index is -0.268. The van der Waals surface area contributed by atoms with Crippen LogP contribution in [0.5, 0.6) is 0 Å². The van der Waals surface area contributed by atoms with E-state index in [1.54, 1.807) is 22.8 Å². The predicted molar refractivity (Wildman–Crippen MR) is 123 cm³/mol. The molecule has 0 spiro atoms. The van der Waals surface area contributed by atoms with Crippen LogP contribution in [0.1, 0.15) is 16.3 Å². The van der Waals surface area contributed by atoms with Crippen molar-refractivity contribution in [2.75, 3.05) is 10.6 Å². The average molecular weight is 435 g/mol. The zero-order valence-corrected chi connectivity index (χ0v) is 17.7. The molecule has 2 heterocycles. The monoisotopic (exact) mass is 434 g/mol. The summed E-state index contributed by atoms with van der Waals surface area (Å²) in [6.07, 6.45) is 3.32. The van der Waals surface area contributed by atoms with Crippen LogP contribution in [0.15, 0.2) is 60.0 Å². The van der Waals surface area contributed by atoms with Gasteiger partial charge in [-0.3, -0.25) is 14.9 Å². The van der Waals surface area contributed by atoms with Gasteiger partial charge in [0.25, 0.3) is 0 Å². The highest BCUT2D eigenvalue weighted by Crippen LogP contribution is 2.24. The molecule has 0 bridgehead atoms. The van der Waals surface area contributed by atoms with Crippen LogP contribution in [-0.4, -0.2) is 21.8 Å². The second kappa shape index (κ2) is 8.98. The topological polar surface area (TPSA) is 84.0 Å². The largest absolute Gasteiger partial charge is 0.326 e. The molecule has 0 aliphatic rings. The van der Waals surface area contributed by atoms with Crippen LogP contribution >= 0.6 is 22.7 Å². The minimum absolute atomic E-state index is 0.125. The van der Waals surface area contributed by atoms with Gasteiger partial charge in [0.05, 0.1) is 27.3 Å². The number of carbonyl (C=O) groups is 2. The summed E-state index contributed by atoms with van der Waals surface area (Å²) in [5.41, 5.74) is 3.12. The first-order valence-corrected chi connectivity index (χ1v) is 10.9. The predicted octanol–water partition coefficient (Wildman–Crippen LogP) is 4.89. The van der Waals surface area contributed by atoms with E-state index in [4.69, 9.17) is 0 Å². The number of fused-ring (bicyclic) bond motifs is 1. The molecule has 150 valence electrons. The molecule has 30 heavy (non-hydrogen) atoms. The highest BCUT2D eigenvalue weighted by molar-refractivity contribution is 7.18. The van der Waals surface area contributed by atoms with Gasteiger partial charge >= 0.3 is 0 Å². The van der Waals surface area contributed by atoms with E-state index in [0.29, 0.717) is 16.5 Å². The van der Waals surface area contributed by atoms with Crippen molar-refractivity contribution in [2.24, 2.45) is 0 Å². The highest BCUT2D eigenvalue weighted by Gasteiger charge is 2.10. The number of nitrogens with zero attached hydrogens (tertiary/aromatic N) is 2. The zero-order chi connectivity index (χ0) is 20.9. The Morgan fingerprint density at radius 1 is 1.07 bits per heavy atom. The number of aryl methyl sites for hydroxylation is 1. The average Bonchev–Trinajstić information content (AvgIpc) is 3.31. The van der Waals surface area contributed by atoms with Gasteiger partial charge in [0.1, 0.15) is 0 Å². The molecule has 4 aromatic rings. The molecule has 6 nitrogen and oxygen atoms in total. The summed E-state index contributed by atoms with van der Waals surface area (Å²) in [4.78, 5) is 33.2. The first kappa shape index (κ1) is 19.9. The van der Waals surface area contributed by atoms with Crippen LogP contribution in [0.2, 0.25) is 0 Å². The van der Waals surface area contributed by atoms with Crippen LogP contribution < -0.4 is 10.6 Å². The number of nitrogens with one attached hydrogen (secondary N) is 2. The molecule has 2 aromatic carbocycles. The van der Waals surface area contributed by atoms with Crippen LogP contribution in [-0.2, 0) is 16.0 Å². The molecule has 2 N–H and O–H groups in total. The SMILES string of the molecule is Cc1nc2cc(NC(=O)Cc3csc(NC(=O)C=Cc4ccccc4)n3)ccc2s1. The maximum atomic E-state index is 12.4. The van der Waals surface area contributed by atoms with Crippen molar-refractivity contribution in [3.63, 3.8) is 0 Å². The summed E-state index contributed by atoms with van der Waals surface area (Å²) in [5, 5.41) is 8.81. The van der Waals surface area contributed by atoms with E-state index in [9.17, 15) is 9.59 Å². The molecule has 0 atom stereocenters. The van der Waals surface area contributed by atoms with Gasteiger partial charge in [0, 0.05) is 17.1 Å². The Morgan fingerprint density at radius 2 is 1.90 bits per heavy atom. The highest BCUT2D eigenvalue weighted by atomic mass is 32.1. The summed E-state index contributed by atoms with van der Waals surface area (Å²) >= 11 is 2.91. The lowest BCUT2D eigenvalue weighted by atomic mass is 10.2. The Balaban J connectivity index is 1.32. The molecule has 2 aromatic heterocycles. The van der Waals surface area contributed by atoms with Gasteiger partial charge in [-0.25, -0.2) is 9.97 Å². The van der Waals surface area contributed by atoms with E-state index in [1.165, 1.54) is 17.4 Å². The quantitative estimate of drug-likeness (QED) is 0.423. The lowest BCUT2D eigenvalue weighted by molar-refractivity contribution is -0.115. The summed E-state index contributed by atoms with van der Waals surface area (Å²) in [6.45, 7) is 1.96. The number of aromatic nitrogens is 2. The Hall–Kier alpha value is -3.36. The lowest BCUT2D eigenvalue weighted by Gasteiger charge is -2.03. The van der Waals surface area contributed by atoms with Crippen LogP contribution in [0, 0.1) is 6.92 Å². The zero-order valence-electron chi connectivity index (χ0n) is 16.1. The van der Waals surface area contributed by atoms with Crippen molar-refractivity contribution in [1.29, 1.82) is 0 Å². The Bertz CT molecular complexity index is 1230. The fourth-order valence-electron chi connectivity index (χ4n) is 2.82.